The third-order valence-corrected chi connectivity index (χ3v) is 10.6. The molecule has 56 heavy (non-hydrogen) atoms. The molecule has 0 bridgehead atoms. The molecule has 260 valence electrons. The third-order valence-electron chi connectivity index (χ3n) is 10.6. The van der Waals surface area contributed by atoms with Crippen LogP contribution in [-0.4, -0.2) is 24.9 Å². The quantitative estimate of drug-likeness (QED) is 0.166. The molecule has 5 nitrogen and oxygen atoms in total. The van der Waals surface area contributed by atoms with E-state index in [2.05, 4.69) is 164 Å². The Morgan fingerprint density at radius 3 is 1.52 bits per heavy atom. The number of aromatic nitrogens is 5. The van der Waals surface area contributed by atoms with Gasteiger partial charge in [0.25, 0.3) is 0 Å². The zero-order chi connectivity index (χ0) is 37.0. The molecule has 8 aromatic carbocycles. The number of benzene rings is 8. The Hall–Kier alpha value is -7.63. The molecule has 0 aliphatic carbocycles. The van der Waals surface area contributed by atoms with Gasteiger partial charge in [0.15, 0.2) is 17.5 Å². The Morgan fingerprint density at radius 1 is 0.286 bits per heavy atom. The highest BCUT2D eigenvalue weighted by Crippen LogP contribution is 2.39. The fourth-order valence-electron chi connectivity index (χ4n) is 7.83. The summed E-state index contributed by atoms with van der Waals surface area (Å²) in [5, 5.41) is 8.87. The molecule has 0 unspecified atom stereocenters. The van der Waals surface area contributed by atoms with Crippen molar-refractivity contribution in [1.82, 2.24) is 24.9 Å². The molecule has 0 saturated carbocycles. The van der Waals surface area contributed by atoms with Crippen molar-refractivity contribution in [3.63, 3.8) is 0 Å². The molecule has 0 saturated heterocycles. The van der Waals surface area contributed by atoms with Gasteiger partial charge in [0, 0.05) is 44.0 Å². The van der Waals surface area contributed by atoms with Crippen molar-refractivity contribution >= 4 is 54.1 Å². The summed E-state index contributed by atoms with van der Waals surface area (Å²) < 4.78 is 0. The molecule has 0 radical (unpaired) electrons. The predicted molar refractivity (Wildman–Crippen MR) is 230 cm³/mol. The standard InChI is InChI=1S/C51H31N5/c1-2-13-34(14-3-1)44-28-26-35-25-27-43-42-19-8-9-20-45(42)53-48(46(43)47(35)52-44)38-17-10-18-39(31-38)49-54-50(40-23-21-32-11-4-6-15-36(32)29-40)56-51(55-49)41-24-22-33-12-5-7-16-37(33)30-41/h1-31H. The second-order valence-corrected chi connectivity index (χ2v) is 14.1. The van der Waals surface area contributed by atoms with E-state index in [-0.39, 0.29) is 0 Å². The van der Waals surface area contributed by atoms with Crippen molar-refractivity contribution < 1.29 is 0 Å². The maximum absolute atomic E-state index is 5.36. The van der Waals surface area contributed by atoms with Crippen LogP contribution in [0.5, 0.6) is 0 Å². The number of hydrogen-bond acceptors (Lipinski definition) is 5. The van der Waals surface area contributed by atoms with Gasteiger partial charge in [-0.05, 0) is 57.3 Å². The van der Waals surface area contributed by atoms with Gasteiger partial charge >= 0.3 is 0 Å². The van der Waals surface area contributed by atoms with E-state index in [1.807, 2.05) is 24.3 Å². The monoisotopic (exact) mass is 713 g/mol. The Bertz CT molecular complexity index is 3220. The molecule has 0 fully saturated rings. The Balaban J connectivity index is 1.13. The molecular weight excluding hydrogens is 683 g/mol. The Kier molecular flexibility index (Phi) is 7.42. The zero-order valence-corrected chi connectivity index (χ0v) is 30.1. The maximum atomic E-state index is 5.36. The average Bonchev–Trinajstić information content (AvgIpc) is 3.28. The van der Waals surface area contributed by atoms with Gasteiger partial charge in [-0.2, -0.15) is 0 Å². The van der Waals surface area contributed by atoms with E-state index in [0.29, 0.717) is 17.5 Å². The maximum Gasteiger partial charge on any atom is 0.164 e. The van der Waals surface area contributed by atoms with Crippen molar-refractivity contribution in [2.45, 2.75) is 0 Å². The van der Waals surface area contributed by atoms with Crippen LogP contribution in [0.3, 0.4) is 0 Å². The fourth-order valence-corrected chi connectivity index (χ4v) is 7.83. The van der Waals surface area contributed by atoms with Crippen LogP contribution in [0.15, 0.2) is 188 Å². The van der Waals surface area contributed by atoms with Gasteiger partial charge in [-0.1, -0.05) is 158 Å². The molecule has 0 spiro atoms. The summed E-state index contributed by atoms with van der Waals surface area (Å²) in [5.74, 6) is 1.83. The normalized spacial score (nSPS) is 11.6. The van der Waals surface area contributed by atoms with E-state index in [1.165, 1.54) is 10.8 Å². The molecule has 0 N–H and O–H groups in total. The fraction of sp³-hybridized carbons (Fsp3) is 0. The number of rotatable bonds is 5. The summed E-state index contributed by atoms with van der Waals surface area (Å²) in [6, 6.07) is 65.2. The highest BCUT2D eigenvalue weighted by Gasteiger charge is 2.18. The Labute approximate surface area is 322 Å². The number of fused-ring (bicyclic) bond motifs is 7. The highest BCUT2D eigenvalue weighted by molar-refractivity contribution is 6.20. The first-order chi connectivity index (χ1) is 27.7. The molecular formula is C51H31N5. The van der Waals surface area contributed by atoms with Crippen molar-refractivity contribution in [3.8, 4) is 56.7 Å². The highest BCUT2D eigenvalue weighted by atomic mass is 15.0. The van der Waals surface area contributed by atoms with Gasteiger partial charge in [-0.3, -0.25) is 0 Å². The average molecular weight is 714 g/mol. The van der Waals surface area contributed by atoms with E-state index < -0.39 is 0 Å². The minimum atomic E-state index is 0.590. The summed E-state index contributed by atoms with van der Waals surface area (Å²) in [4.78, 5) is 26.1. The first-order valence-electron chi connectivity index (χ1n) is 18.7. The topological polar surface area (TPSA) is 64.5 Å². The van der Waals surface area contributed by atoms with Crippen LogP contribution in [0, 0.1) is 0 Å². The van der Waals surface area contributed by atoms with Crippen LogP contribution in [0.4, 0.5) is 0 Å². The van der Waals surface area contributed by atoms with Crippen LogP contribution in [0.1, 0.15) is 0 Å². The summed E-state index contributed by atoms with van der Waals surface area (Å²) in [6.45, 7) is 0. The lowest BCUT2D eigenvalue weighted by Crippen LogP contribution is -2.00. The largest absolute Gasteiger partial charge is 0.247 e. The van der Waals surface area contributed by atoms with E-state index in [4.69, 9.17) is 24.9 Å². The molecule has 5 heteroatoms. The van der Waals surface area contributed by atoms with Gasteiger partial charge in [0.2, 0.25) is 0 Å². The third kappa shape index (κ3) is 5.53. The first kappa shape index (κ1) is 31.9. The predicted octanol–water partition coefficient (Wildman–Crippen LogP) is 12.8. The van der Waals surface area contributed by atoms with E-state index >= 15 is 0 Å². The molecule has 11 aromatic rings. The molecule has 0 aliphatic rings. The number of hydrogen-bond donors (Lipinski definition) is 0. The molecule has 3 aromatic heterocycles. The van der Waals surface area contributed by atoms with Crippen LogP contribution in [0.2, 0.25) is 0 Å². The zero-order valence-electron chi connectivity index (χ0n) is 30.1. The van der Waals surface area contributed by atoms with Crippen molar-refractivity contribution in [3.05, 3.63) is 188 Å². The lowest BCUT2D eigenvalue weighted by atomic mass is 9.96. The van der Waals surface area contributed by atoms with E-state index in [9.17, 15) is 0 Å². The van der Waals surface area contributed by atoms with E-state index in [1.54, 1.807) is 0 Å². The van der Waals surface area contributed by atoms with Crippen molar-refractivity contribution in [2.24, 2.45) is 0 Å². The number of pyridine rings is 2. The van der Waals surface area contributed by atoms with Gasteiger partial charge in [0.05, 0.1) is 22.4 Å². The number of nitrogens with zero attached hydrogens (tertiary/aromatic N) is 5. The minimum absolute atomic E-state index is 0.590. The summed E-state index contributed by atoms with van der Waals surface area (Å²) in [5.41, 5.74) is 8.39. The minimum Gasteiger partial charge on any atom is -0.247 e. The van der Waals surface area contributed by atoms with Crippen LogP contribution in [0.25, 0.3) is 111 Å². The smallest absolute Gasteiger partial charge is 0.164 e. The molecule has 0 aliphatic heterocycles. The van der Waals surface area contributed by atoms with Gasteiger partial charge in [0.1, 0.15) is 0 Å². The van der Waals surface area contributed by atoms with Gasteiger partial charge in [-0.25, -0.2) is 24.9 Å². The van der Waals surface area contributed by atoms with Gasteiger partial charge in [-0.15, -0.1) is 0 Å². The molecule has 11 rings (SSSR count). The molecule has 0 atom stereocenters. The van der Waals surface area contributed by atoms with Crippen LogP contribution < -0.4 is 0 Å². The summed E-state index contributed by atoms with van der Waals surface area (Å²) in [7, 11) is 0. The number of para-hydroxylation sites is 1. The van der Waals surface area contributed by atoms with Crippen LogP contribution in [-0.2, 0) is 0 Å². The Morgan fingerprint density at radius 2 is 0.821 bits per heavy atom. The lowest BCUT2D eigenvalue weighted by molar-refractivity contribution is 1.08. The first-order valence-corrected chi connectivity index (χ1v) is 18.7. The summed E-state index contributed by atoms with van der Waals surface area (Å²) >= 11 is 0. The second kappa shape index (κ2) is 13.0. The van der Waals surface area contributed by atoms with Crippen molar-refractivity contribution in [2.75, 3.05) is 0 Å². The van der Waals surface area contributed by atoms with Crippen LogP contribution >= 0.6 is 0 Å². The molecule has 0 amide bonds. The SMILES string of the molecule is c1ccc(-c2ccc3ccc4c5ccccc5nc(-c5cccc(-c6nc(-c7ccc8ccccc8c7)nc(-c7ccc8ccccc8c7)n6)c5)c4c3n2)cc1. The lowest BCUT2D eigenvalue weighted by Gasteiger charge is -2.14. The molecule has 3 heterocycles. The van der Waals surface area contributed by atoms with E-state index in [0.717, 1.165) is 82.6 Å². The summed E-state index contributed by atoms with van der Waals surface area (Å²) in [6.07, 6.45) is 0. The second-order valence-electron chi connectivity index (χ2n) is 14.1. The van der Waals surface area contributed by atoms with Gasteiger partial charge < -0.3 is 0 Å². The van der Waals surface area contributed by atoms with Crippen molar-refractivity contribution in [1.29, 1.82) is 0 Å².